The Bertz CT molecular complexity index is 365. The van der Waals surface area contributed by atoms with Gasteiger partial charge in [-0.3, -0.25) is 4.79 Å². The summed E-state index contributed by atoms with van der Waals surface area (Å²) < 4.78 is 0.738. The van der Waals surface area contributed by atoms with E-state index < -0.39 is 0 Å². The van der Waals surface area contributed by atoms with Crippen LogP contribution in [0.15, 0.2) is 12.1 Å². The highest BCUT2D eigenvalue weighted by Gasteiger charge is 2.20. The molecular formula is C11H16ClNOS2. The van der Waals surface area contributed by atoms with Crippen LogP contribution in [0.3, 0.4) is 0 Å². The summed E-state index contributed by atoms with van der Waals surface area (Å²) in [6.45, 7) is 5.90. The zero-order chi connectivity index (χ0) is 12.3. The molecule has 2 unspecified atom stereocenters. The van der Waals surface area contributed by atoms with E-state index in [-0.39, 0.29) is 23.1 Å². The number of halogens is 1. The molecule has 1 rings (SSSR count). The summed E-state index contributed by atoms with van der Waals surface area (Å²) in [6, 6.07) is 3.75. The molecule has 1 aromatic heterocycles. The molecule has 5 heteroatoms. The fraction of sp³-hybridized carbons (Fsp3) is 0.545. The minimum absolute atomic E-state index is 0.0154. The van der Waals surface area contributed by atoms with E-state index in [1.165, 1.54) is 11.3 Å². The Labute approximate surface area is 111 Å². The van der Waals surface area contributed by atoms with Crippen LogP contribution in [0.4, 0.5) is 0 Å². The second kappa shape index (κ2) is 5.94. The normalized spacial score (nSPS) is 14.9. The standard InChI is InChI=1S/C11H16ClNOS2/c1-6(2)10(15)11(14)13-7(3)8-4-5-9(12)16-8/h4-7,10,15H,1-3H3,(H,13,14). The molecule has 16 heavy (non-hydrogen) atoms. The van der Waals surface area contributed by atoms with Crippen molar-refractivity contribution in [3.05, 3.63) is 21.3 Å². The number of amides is 1. The lowest BCUT2D eigenvalue weighted by Gasteiger charge is -2.18. The van der Waals surface area contributed by atoms with Gasteiger partial charge in [-0.15, -0.1) is 11.3 Å². The average Bonchev–Trinajstić information content (AvgIpc) is 2.63. The average molecular weight is 278 g/mol. The predicted molar refractivity (Wildman–Crippen MR) is 73.5 cm³/mol. The van der Waals surface area contributed by atoms with Crippen LogP contribution < -0.4 is 5.32 Å². The topological polar surface area (TPSA) is 29.1 Å². The van der Waals surface area contributed by atoms with Crippen LogP contribution in [0.25, 0.3) is 0 Å². The van der Waals surface area contributed by atoms with Crippen LogP contribution in [0.5, 0.6) is 0 Å². The summed E-state index contributed by atoms with van der Waals surface area (Å²) in [6.07, 6.45) is 0. The Kier molecular flexibility index (Phi) is 5.15. The summed E-state index contributed by atoms with van der Waals surface area (Å²) in [7, 11) is 0. The molecular weight excluding hydrogens is 262 g/mol. The number of carbonyl (C=O) groups is 1. The molecule has 1 amide bonds. The number of hydrogen-bond donors (Lipinski definition) is 2. The van der Waals surface area contributed by atoms with Crippen molar-refractivity contribution in [3.8, 4) is 0 Å². The fourth-order valence-electron chi connectivity index (χ4n) is 1.23. The summed E-state index contributed by atoms with van der Waals surface area (Å²) in [4.78, 5) is 12.8. The van der Waals surface area contributed by atoms with Gasteiger partial charge in [-0.25, -0.2) is 0 Å². The van der Waals surface area contributed by atoms with Crippen molar-refractivity contribution < 1.29 is 4.79 Å². The minimum Gasteiger partial charge on any atom is -0.348 e. The molecule has 1 heterocycles. The lowest BCUT2D eigenvalue weighted by Crippen LogP contribution is -2.35. The molecule has 2 nitrogen and oxygen atoms in total. The van der Waals surface area contributed by atoms with Crippen molar-refractivity contribution in [1.82, 2.24) is 5.32 Å². The molecule has 0 aliphatic heterocycles. The first-order valence-electron chi connectivity index (χ1n) is 5.15. The Morgan fingerprint density at radius 1 is 1.44 bits per heavy atom. The lowest BCUT2D eigenvalue weighted by atomic mass is 10.1. The van der Waals surface area contributed by atoms with Gasteiger partial charge in [0.25, 0.3) is 0 Å². The predicted octanol–water partition coefficient (Wildman–Crippen LogP) is 3.53. The first-order chi connectivity index (χ1) is 7.41. The van der Waals surface area contributed by atoms with Crippen molar-refractivity contribution in [1.29, 1.82) is 0 Å². The summed E-state index contributed by atoms with van der Waals surface area (Å²) >= 11 is 11.6. The molecule has 0 bridgehead atoms. The highest BCUT2D eigenvalue weighted by atomic mass is 35.5. The summed E-state index contributed by atoms with van der Waals surface area (Å²) in [5.74, 6) is 0.192. The van der Waals surface area contributed by atoms with Crippen molar-refractivity contribution in [2.45, 2.75) is 32.1 Å². The number of hydrogen-bond acceptors (Lipinski definition) is 3. The molecule has 0 aromatic carbocycles. The molecule has 0 aliphatic rings. The Balaban J connectivity index is 2.58. The third-order valence-electron chi connectivity index (χ3n) is 2.28. The second-order valence-corrected chi connectivity index (χ2v) is 6.36. The van der Waals surface area contributed by atoms with E-state index in [9.17, 15) is 4.79 Å². The van der Waals surface area contributed by atoms with E-state index in [1.54, 1.807) is 0 Å². The molecule has 0 aliphatic carbocycles. The number of carbonyl (C=O) groups excluding carboxylic acids is 1. The Morgan fingerprint density at radius 2 is 2.06 bits per heavy atom. The largest absolute Gasteiger partial charge is 0.348 e. The first kappa shape index (κ1) is 13.9. The van der Waals surface area contributed by atoms with Gasteiger partial charge in [0.15, 0.2) is 0 Å². The summed E-state index contributed by atoms with van der Waals surface area (Å²) in [5, 5.41) is 2.66. The van der Waals surface area contributed by atoms with Crippen LogP contribution in [-0.4, -0.2) is 11.2 Å². The maximum Gasteiger partial charge on any atom is 0.233 e. The van der Waals surface area contributed by atoms with Crippen LogP contribution >= 0.6 is 35.6 Å². The highest BCUT2D eigenvalue weighted by molar-refractivity contribution is 7.81. The van der Waals surface area contributed by atoms with Crippen LogP contribution in [0.1, 0.15) is 31.7 Å². The van der Waals surface area contributed by atoms with Gasteiger partial charge in [0.05, 0.1) is 15.6 Å². The van der Waals surface area contributed by atoms with Crippen LogP contribution in [-0.2, 0) is 4.79 Å². The third-order valence-corrected chi connectivity index (χ3v) is 4.52. The molecule has 1 aromatic rings. The van der Waals surface area contributed by atoms with Gasteiger partial charge in [-0.1, -0.05) is 25.4 Å². The van der Waals surface area contributed by atoms with E-state index in [0.29, 0.717) is 0 Å². The molecule has 0 saturated heterocycles. The molecule has 0 spiro atoms. The Morgan fingerprint density at radius 3 is 2.50 bits per heavy atom. The van der Waals surface area contributed by atoms with E-state index in [0.717, 1.165) is 9.21 Å². The van der Waals surface area contributed by atoms with Gasteiger partial charge in [0.2, 0.25) is 5.91 Å². The second-order valence-electron chi connectivity index (χ2n) is 4.06. The van der Waals surface area contributed by atoms with Gasteiger partial charge in [-0.05, 0) is 25.0 Å². The van der Waals surface area contributed by atoms with Gasteiger partial charge < -0.3 is 5.32 Å². The quantitative estimate of drug-likeness (QED) is 0.810. The molecule has 90 valence electrons. The van der Waals surface area contributed by atoms with Gasteiger partial charge >= 0.3 is 0 Å². The Hall–Kier alpha value is -0.190. The van der Waals surface area contributed by atoms with Gasteiger partial charge in [-0.2, -0.15) is 12.6 Å². The fourth-order valence-corrected chi connectivity index (χ4v) is 2.37. The molecule has 0 fully saturated rings. The third kappa shape index (κ3) is 3.68. The summed E-state index contributed by atoms with van der Waals surface area (Å²) in [5.41, 5.74) is 0. The zero-order valence-electron chi connectivity index (χ0n) is 9.53. The van der Waals surface area contributed by atoms with Crippen LogP contribution in [0.2, 0.25) is 4.34 Å². The van der Waals surface area contributed by atoms with Crippen LogP contribution in [0, 0.1) is 5.92 Å². The number of thiol groups is 1. The zero-order valence-corrected chi connectivity index (χ0v) is 12.0. The van der Waals surface area contributed by atoms with E-state index in [1.807, 2.05) is 32.9 Å². The molecule has 0 saturated carbocycles. The SMILES string of the molecule is CC(NC(=O)C(S)C(C)C)c1ccc(Cl)s1. The monoisotopic (exact) mass is 277 g/mol. The highest BCUT2D eigenvalue weighted by Crippen LogP contribution is 2.26. The van der Waals surface area contributed by atoms with E-state index >= 15 is 0 Å². The lowest BCUT2D eigenvalue weighted by molar-refractivity contribution is -0.121. The van der Waals surface area contributed by atoms with Gasteiger partial charge in [0.1, 0.15) is 0 Å². The number of thiophene rings is 1. The minimum atomic E-state index is -0.266. The van der Waals surface area contributed by atoms with Crippen molar-refractivity contribution >= 4 is 41.5 Å². The molecule has 2 atom stereocenters. The number of nitrogens with one attached hydrogen (secondary N) is 1. The van der Waals surface area contributed by atoms with E-state index in [2.05, 4.69) is 17.9 Å². The first-order valence-corrected chi connectivity index (χ1v) is 6.86. The molecule has 1 N–H and O–H groups in total. The maximum absolute atomic E-state index is 11.8. The van der Waals surface area contributed by atoms with Crippen molar-refractivity contribution in [2.24, 2.45) is 5.92 Å². The van der Waals surface area contributed by atoms with Gasteiger partial charge in [0, 0.05) is 4.88 Å². The number of rotatable bonds is 4. The van der Waals surface area contributed by atoms with E-state index in [4.69, 9.17) is 11.6 Å². The van der Waals surface area contributed by atoms with Crippen molar-refractivity contribution in [3.63, 3.8) is 0 Å². The maximum atomic E-state index is 11.8. The van der Waals surface area contributed by atoms with Crippen molar-refractivity contribution in [2.75, 3.05) is 0 Å². The molecule has 0 radical (unpaired) electrons. The smallest absolute Gasteiger partial charge is 0.233 e.